The maximum atomic E-state index is 12.8. The summed E-state index contributed by atoms with van der Waals surface area (Å²) in [6.45, 7) is 7.57. The predicted molar refractivity (Wildman–Crippen MR) is 121 cm³/mol. The van der Waals surface area contributed by atoms with Crippen LogP contribution in [0.5, 0.6) is 0 Å². The minimum atomic E-state index is -3.63. The Morgan fingerprint density at radius 3 is 2.28 bits per heavy atom. The van der Waals surface area contributed by atoms with Gasteiger partial charge in [0.2, 0.25) is 21.7 Å². The zero-order chi connectivity index (χ0) is 23.3. The SMILES string of the molecule is CCC(C)NS(=O)(=O)c1ccc(C(=O)NC(c2nc(-c3ccccc3)no2)C(C)C)cc1. The van der Waals surface area contributed by atoms with Crippen LogP contribution < -0.4 is 10.0 Å². The molecule has 0 radical (unpaired) electrons. The number of hydrogen-bond acceptors (Lipinski definition) is 6. The fourth-order valence-electron chi connectivity index (χ4n) is 3.01. The van der Waals surface area contributed by atoms with Crippen LogP contribution in [0, 0.1) is 5.92 Å². The van der Waals surface area contributed by atoms with E-state index in [9.17, 15) is 13.2 Å². The number of nitrogens with one attached hydrogen (secondary N) is 2. The van der Waals surface area contributed by atoms with Gasteiger partial charge in [0.05, 0.1) is 4.90 Å². The maximum absolute atomic E-state index is 12.8. The summed E-state index contributed by atoms with van der Waals surface area (Å²) in [6.07, 6.45) is 0.679. The second kappa shape index (κ2) is 10.1. The van der Waals surface area contributed by atoms with Crippen LogP contribution in [0.25, 0.3) is 11.4 Å². The van der Waals surface area contributed by atoms with Crippen molar-refractivity contribution in [3.63, 3.8) is 0 Å². The van der Waals surface area contributed by atoms with Crippen molar-refractivity contribution in [2.24, 2.45) is 5.92 Å². The van der Waals surface area contributed by atoms with Gasteiger partial charge in [-0.25, -0.2) is 13.1 Å². The molecule has 3 aromatic rings. The van der Waals surface area contributed by atoms with Crippen LogP contribution in [0.1, 0.15) is 56.4 Å². The fraction of sp³-hybridized carbons (Fsp3) is 0.348. The molecule has 0 saturated heterocycles. The first-order valence-electron chi connectivity index (χ1n) is 10.5. The van der Waals surface area contributed by atoms with Gasteiger partial charge in [-0.3, -0.25) is 4.79 Å². The van der Waals surface area contributed by atoms with Gasteiger partial charge in [-0.05, 0) is 43.5 Å². The smallest absolute Gasteiger partial charge is 0.251 e. The third-order valence-corrected chi connectivity index (χ3v) is 6.69. The molecule has 1 heterocycles. The Labute approximate surface area is 188 Å². The number of rotatable bonds is 9. The lowest BCUT2D eigenvalue weighted by Gasteiger charge is -2.18. The number of amides is 1. The van der Waals surface area contributed by atoms with Gasteiger partial charge < -0.3 is 9.84 Å². The van der Waals surface area contributed by atoms with Crippen LogP contribution in [-0.2, 0) is 10.0 Å². The minimum absolute atomic E-state index is 0.0117. The summed E-state index contributed by atoms with van der Waals surface area (Å²) in [4.78, 5) is 17.4. The van der Waals surface area contributed by atoms with Crippen molar-refractivity contribution in [2.75, 3.05) is 0 Å². The number of aromatic nitrogens is 2. The van der Waals surface area contributed by atoms with Gasteiger partial charge in [0, 0.05) is 17.2 Å². The van der Waals surface area contributed by atoms with Crippen molar-refractivity contribution in [3.8, 4) is 11.4 Å². The van der Waals surface area contributed by atoms with E-state index in [0.29, 0.717) is 23.7 Å². The Kier molecular flexibility index (Phi) is 7.42. The minimum Gasteiger partial charge on any atom is -0.340 e. The summed E-state index contributed by atoms with van der Waals surface area (Å²) < 4.78 is 32.9. The van der Waals surface area contributed by atoms with Crippen LogP contribution in [-0.4, -0.2) is 30.5 Å². The monoisotopic (exact) mass is 456 g/mol. The standard InChI is InChI=1S/C23H28N4O4S/c1-5-16(4)27-32(29,30)19-13-11-18(12-14-19)22(28)24-20(15(2)3)23-25-21(26-31-23)17-9-7-6-8-10-17/h6-16,20,27H,5H2,1-4H3,(H,24,28). The molecule has 8 nitrogen and oxygen atoms in total. The first kappa shape index (κ1) is 23.6. The topological polar surface area (TPSA) is 114 Å². The number of sulfonamides is 1. The predicted octanol–water partition coefficient (Wildman–Crippen LogP) is 3.94. The van der Waals surface area contributed by atoms with Gasteiger partial charge in [-0.15, -0.1) is 0 Å². The second-order valence-electron chi connectivity index (χ2n) is 7.97. The lowest BCUT2D eigenvalue weighted by atomic mass is 10.0. The molecule has 32 heavy (non-hydrogen) atoms. The molecular formula is C23H28N4O4S. The Hall–Kier alpha value is -3.04. The molecule has 2 N–H and O–H groups in total. The van der Waals surface area contributed by atoms with Crippen LogP contribution in [0.15, 0.2) is 64.0 Å². The molecule has 0 bridgehead atoms. The molecule has 2 unspecified atom stereocenters. The molecule has 0 aliphatic heterocycles. The van der Waals surface area contributed by atoms with E-state index in [0.717, 1.165) is 5.56 Å². The van der Waals surface area contributed by atoms with E-state index in [1.165, 1.54) is 24.3 Å². The Morgan fingerprint density at radius 1 is 1.03 bits per heavy atom. The van der Waals surface area contributed by atoms with Crippen molar-refractivity contribution >= 4 is 15.9 Å². The molecule has 9 heteroatoms. The largest absolute Gasteiger partial charge is 0.340 e. The highest BCUT2D eigenvalue weighted by Crippen LogP contribution is 2.24. The first-order chi connectivity index (χ1) is 15.2. The Morgan fingerprint density at radius 2 is 1.69 bits per heavy atom. The number of carbonyl (C=O) groups is 1. The zero-order valence-corrected chi connectivity index (χ0v) is 19.4. The van der Waals surface area contributed by atoms with Crippen molar-refractivity contribution < 1.29 is 17.7 Å². The average Bonchev–Trinajstić information content (AvgIpc) is 3.27. The third-order valence-electron chi connectivity index (χ3n) is 5.09. The lowest BCUT2D eigenvalue weighted by Crippen LogP contribution is -2.33. The summed E-state index contributed by atoms with van der Waals surface area (Å²) in [7, 11) is -3.63. The average molecular weight is 457 g/mol. The van der Waals surface area contributed by atoms with Crippen molar-refractivity contribution in [2.45, 2.75) is 51.1 Å². The van der Waals surface area contributed by atoms with Crippen LogP contribution in [0.4, 0.5) is 0 Å². The van der Waals surface area contributed by atoms with Crippen LogP contribution in [0.3, 0.4) is 0 Å². The summed E-state index contributed by atoms with van der Waals surface area (Å²) in [5.41, 5.74) is 1.15. The number of carbonyl (C=O) groups excluding carboxylic acids is 1. The molecule has 3 rings (SSSR count). The lowest BCUT2D eigenvalue weighted by molar-refractivity contribution is 0.0914. The van der Waals surface area contributed by atoms with E-state index in [1.54, 1.807) is 6.92 Å². The van der Waals surface area contributed by atoms with Gasteiger partial charge >= 0.3 is 0 Å². The van der Waals surface area contributed by atoms with Gasteiger partial charge in [0.1, 0.15) is 6.04 Å². The quantitative estimate of drug-likeness (QED) is 0.504. The van der Waals surface area contributed by atoms with E-state index in [1.807, 2.05) is 51.1 Å². The van der Waals surface area contributed by atoms with Crippen molar-refractivity contribution in [1.82, 2.24) is 20.2 Å². The van der Waals surface area contributed by atoms with E-state index in [4.69, 9.17) is 4.52 Å². The zero-order valence-electron chi connectivity index (χ0n) is 18.6. The normalized spacial score (nSPS) is 13.7. The van der Waals surface area contributed by atoms with Gasteiger partial charge in [0.25, 0.3) is 5.91 Å². The summed E-state index contributed by atoms with van der Waals surface area (Å²) in [5, 5.41) is 6.94. The summed E-state index contributed by atoms with van der Waals surface area (Å²) >= 11 is 0. The molecule has 2 aromatic carbocycles. The molecule has 0 saturated carbocycles. The van der Waals surface area contributed by atoms with E-state index in [-0.39, 0.29) is 22.8 Å². The molecule has 0 spiro atoms. The molecule has 0 fully saturated rings. The maximum Gasteiger partial charge on any atom is 0.251 e. The molecule has 1 aromatic heterocycles. The highest BCUT2D eigenvalue weighted by atomic mass is 32.2. The third kappa shape index (κ3) is 5.60. The molecular weight excluding hydrogens is 428 g/mol. The number of hydrogen-bond donors (Lipinski definition) is 2. The molecule has 0 aliphatic carbocycles. The van der Waals surface area contributed by atoms with E-state index >= 15 is 0 Å². The van der Waals surface area contributed by atoms with Crippen LogP contribution >= 0.6 is 0 Å². The summed E-state index contributed by atoms with van der Waals surface area (Å²) in [6, 6.07) is 14.6. The van der Waals surface area contributed by atoms with Gasteiger partial charge in [-0.2, -0.15) is 4.98 Å². The van der Waals surface area contributed by atoms with E-state index in [2.05, 4.69) is 20.2 Å². The number of nitrogens with zero attached hydrogens (tertiary/aromatic N) is 2. The number of benzene rings is 2. The molecule has 170 valence electrons. The highest BCUT2D eigenvalue weighted by molar-refractivity contribution is 7.89. The highest BCUT2D eigenvalue weighted by Gasteiger charge is 2.26. The second-order valence-corrected chi connectivity index (χ2v) is 9.69. The molecule has 1 amide bonds. The van der Waals surface area contributed by atoms with Crippen LogP contribution in [0.2, 0.25) is 0 Å². The Balaban J connectivity index is 1.75. The van der Waals surface area contributed by atoms with Crippen molar-refractivity contribution in [1.29, 1.82) is 0 Å². The van der Waals surface area contributed by atoms with Crippen molar-refractivity contribution in [3.05, 3.63) is 66.1 Å². The first-order valence-corrected chi connectivity index (χ1v) is 12.0. The van der Waals surface area contributed by atoms with Gasteiger partial charge in [-0.1, -0.05) is 56.3 Å². The molecule has 0 aliphatic rings. The fourth-order valence-corrected chi connectivity index (χ4v) is 4.33. The van der Waals surface area contributed by atoms with E-state index < -0.39 is 16.1 Å². The summed E-state index contributed by atoms with van der Waals surface area (Å²) in [5.74, 6) is 0.387. The molecule has 2 atom stereocenters. The Bertz CT molecular complexity index is 1140. The van der Waals surface area contributed by atoms with Gasteiger partial charge in [0.15, 0.2) is 0 Å².